The van der Waals surface area contributed by atoms with Gasteiger partial charge in [-0.05, 0) is 39.0 Å². The van der Waals surface area contributed by atoms with Crippen LogP contribution < -0.4 is 0 Å². The number of rotatable bonds is 5. The summed E-state index contributed by atoms with van der Waals surface area (Å²) in [6, 6.07) is 3.63. The first-order valence-electron chi connectivity index (χ1n) is 7.49. The van der Waals surface area contributed by atoms with E-state index >= 15 is 0 Å². The van der Waals surface area contributed by atoms with Gasteiger partial charge in [0, 0.05) is 19.2 Å². The molecular weight excluding hydrogens is 318 g/mol. The van der Waals surface area contributed by atoms with Crippen molar-refractivity contribution < 1.29 is 14.3 Å². The van der Waals surface area contributed by atoms with Crippen LogP contribution in [0.25, 0.3) is 5.70 Å². The van der Waals surface area contributed by atoms with E-state index in [4.69, 9.17) is 21.1 Å². The predicted octanol–water partition coefficient (Wildman–Crippen LogP) is 3.08. The third kappa shape index (κ3) is 4.96. The van der Waals surface area contributed by atoms with E-state index in [-0.39, 0.29) is 12.7 Å². The van der Waals surface area contributed by atoms with Gasteiger partial charge in [0.2, 0.25) is 5.90 Å². The Balaban J connectivity index is 2.00. The van der Waals surface area contributed by atoms with E-state index in [1.807, 2.05) is 19.1 Å². The van der Waals surface area contributed by atoms with Gasteiger partial charge in [-0.3, -0.25) is 9.99 Å². The number of hydrogen-bond acceptors (Lipinski definition) is 6. The largest absolute Gasteiger partial charge is 0.467 e. The molecule has 0 N–H and O–H groups in total. The number of carbonyl (C=O) groups is 1. The zero-order chi connectivity index (χ0) is 16.8. The minimum atomic E-state index is -0.403. The molecule has 0 unspecified atom stereocenters. The lowest BCUT2D eigenvalue weighted by Crippen LogP contribution is -2.26. The zero-order valence-corrected chi connectivity index (χ0v) is 14.2. The Kier molecular flexibility index (Phi) is 5.98. The molecule has 0 spiro atoms. The lowest BCUT2D eigenvalue weighted by atomic mass is 10.2. The van der Waals surface area contributed by atoms with Gasteiger partial charge in [-0.25, -0.2) is 4.79 Å². The van der Waals surface area contributed by atoms with Crippen molar-refractivity contribution in [1.29, 1.82) is 0 Å². The average Bonchev–Trinajstić information content (AvgIpc) is 2.53. The molecule has 0 atom stereocenters. The normalized spacial score (nSPS) is 14.4. The molecule has 2 rings (SSSR count). The molecule has 23 heavy (non-hydrogen) atoms. The number of hydrazone groups is 1. The molecule has 1 aliphatic heterocycles. The molecule has 0 amide bonds. The molecule has 2 heterocycles. The summed E-state index contributed by atoms with van der Waals surface area (Å²) in [5.41, 5.74) is 1.68. The van der Waals surface area contributed by atoms with Gasteiger partial charge in [0.1, 0.15) is 0 Å². The topological polar surface area (TPSA) is 64.0 Å². The van der Waals surface area contributed by atoms with Crippen LogP contribution in [0.5, 0.6) is 0 Å². The summed E-state index contributed by atoms with van der Waals surface area (Å²) >= 11 is 5.86. The molecule has 1 aliphatic rings. The van der Waals surface area contributed by atoms with E-state index in [9.17, 15) is 4.79 Å². The predicted molar refractivity (Wildman–Crippen MR) is 88.8 cm³/mol. The molecule has 0 saturated carbocycles. The highest BCUT2D eigenvalue weighted by atomic mass is 35.5. The van der Waals surface area contributed by atoms with Gasteiger partial charge >= 0.3 is 5.97 Å². The molecular formula is C16H20ClN3O3. The van der Waals surface area contributed by atoms with Crippen molar-refractivity contribution in [1.82, 2.24) is 9.99 Å². The van der Waals surface area contributed by atoms with E-state index in [0.717, 1.165) is 11.4 Å². The number of carbonyl (C=O) groups excluding carboxylic acids is 1. The first-order valence-corrected chi connectivity index (χ1v) is 7.86. The number of nitrogens with zero attached hydrogens (tertiary/aromatic N) is 3. The maximum Gasteiger partial charge on any atom is 0.344 e. The maximum absolute atomic E-state index is 11.5. The molecule has 1 aromatic heterocycles. The second kappa shape index (κ2) is 7.97. The molecule has 6 nitrogen and oxygen atoms in total. The standard InChI is InChI=1S/C16H20ClN3O3/c1-4-20-14(13-6-5-12(17)9-18-13)7-8-15(19-20)22-10-16(21)23-11(2)3/h5-7,9,11H,4,8,10H2,1-3H3. The zero-order valence-electron chi connectivity index (χ0n) is 13.5. The molecule has 1 aromatic rings. The number of halogens is 1. The smallest absolute Gasteiger partial charge is 0.344 e. The highest BCUT2D eigenvalue weighted by Crippen LogP contribution is 2.23. The van der Waals surface area contributed by atoms with E-state index in [2.05, 4.69) is 10.1 Å². The van der Waals surface area contributed by atoms with Crippen LogP contribution in [0.4, 0.5) is 0 Å². The fraction of sp³-hybridized carbons (Fsp3) is 0.438. The maximum atomic E-state index is 11.5. The van der Waals surface area contributed by atoms with Crippen molar-refractivity contribution in [3.8, 4) is 0 Å². The van der Waals surface area contributed by atoms with Crippen LogP contribution >= 0.6 is 11.6 Å². The molecule has 0 bridgehead atoms. The number of esters is 1. The third-order valence-corrected chi connectivity index (χ3v) is 3.22. The number of hydrogen-bond donors (Lipinski definition) is 0. The van der Waals surface area contributed by atoms with Crippen molar-refractivity contribution in [2.45, 2.75) is 33.3 Å². The summed E-state index contributed by atoms with van der Waals surface area (Å²) in [4.78, 5) is 15.8. The lowest BCUT2D eigenvalue weighted by molar-refractivity contribution is -0.150. The van der Waals surface area contributed by atoms with E-state index in [1.54, 1.807) is 31.1 Å². The summed E-state index contributed by atoms with van der Waals surface area (Å²) < 4.78 is 10.5. The van der Waals surface area contributed by atoms with E-state index in [1.165, 1.54) is 0 Å². The van der Waals surface area contributed by atoms with E-state index in [0.29, 0.717) is 23.9 Å². The summed E-state index contributed by atoms with van der Waals surface area (Å²) in [5.74, 6) is 0.0742. The van der Waals surface area contributed by atoms with Crippen LogP contribution in [0, 0.1) is 0 Å². The summed E-state index contributed by atoms with van der Waals surface area (Å²) in [5, 5.41) is 6.78. The molecule has 0 fully saturated rings. The van der Waals surface area contributed by atoms with Crippen molar-refractivity contribution in [2.24, 2.45) is 5.10 Å². The molecule has 0 saturated heterocycles. The summed E-state index contributed by atoms with van der Waals surface area (Å²) in [7, 11) is 0. The van der Waals surface area contributed by atoms with Crippen LogP contribution in [0.15, 0.2) is 29.5 Å². The van der Waals surface area contributed by atoms with Crippen molar-refractivity contribution >= 4 is 29.2 Å². The van der Waals surface area contributed by atoms with Crippen LogP contribution in [-0.4, -0.2) is 41.1 Å². The van der Waals surface area contributed by atoms with Crippen LogP contribution in [0.1, 0.15) is 32.9 Å². The quantitative estimate of drug-likeness (QED) is 0.772. The number of ether oxygens (including phenoxy) is 2. The Hall–Kier alpha value is -2.08. The van der Waals surface area contributed by atoms with Crippen LogP contribution in [0.3, 0.4) is 0 Å². The lowest BCUT2D eigenvalue weighted by Gasteiger charge is -2.25. The van der Waals surface area contributed by atoms with Crippen molar-refractivity contribution in [3.05, 3.63) is 35.1 Å². The highest BCUT2D eigenvalue weighted by Gasteiger charge is 2.18. The first-order chi connectivity index (χ1) is 11.0. The molecule has 7 heteroatoms. The SMILES string of the molecule is CCN1N=C(OCC(=O)OC(C)C)CC=C1c1ccc(Cl)cn1. The average molecular weight is 338 g/mol. The minimum Gasteiger partial charge on any atom is -0.467 e. The summed E-state index contributed by atoms with van der Waals surface area (Å²) in [6.07, 6.45) is 3.90. The fourth-order valence-corrected chi connectivity index (χ4v) is 2.16. The molecule has 0 aromatic carbocycles. The van der Waals surface area contributed by atoms with Gasteiger partial charge in [-0.2, -0.15) is 0 Å². The van der Waals surface area contributed by atoms with Crippen LogP contribution in [0.2, 0.25) is 5.02 Å². The van der Waals surface area contributed by atoms with Gasteiger partial charge in [0.05, 0.1) is 22.5 Å². The van der Waals surface area contributed by atoms with Crippen molar-refractivity contribution in [2.75, 3.05) is 13.2 Å². The van der Waals surface area contributed by atoms with Crippen molar-refractivity contribution in [3.63, 3.8) is 0 Å². The molecule has 0 aliphatic carbocycles. The Morgan fingerprint density at radius 3 is 2.83 bits per heavy atom. The van der Waals surface area contributed by atoms with E-state index < -0.39 is 5.97 Å². The highest BCUT2D eigenvalue weighted by molar-refractivity contribution is 6.30. The van der Waals surface area contributed by atoms with Gasteiger partial charge in [0.25, 0.3) is 0 Å². The van der Waals surface area contributed by atoms with Gasteiger partial charge in [-0.15, -0.1) is 5.10 Å². The number of aromatic nitrogens is 1. The Morgan fingerprint density at radius 2 is 2.22 bits per heavy atom. The first kappa shape index (κ1) is 17.3. The number of pyridine rings is 1. The van der Waals surface area contributed by atoms with Crippen LogP contribution in [-0.2, 0) is 14.3 Å². The third-order valence-electron chi connectivity index (χ3n) is 2.99. The second-order valence-corrected chi connectivity index (χ2v) is 5.63. The van der Waals surface area contributed by atoms with Gasteiger partial charge in [-0.1, -0.05) is 11.6 Å². The Bertz CT molecular complexity index is 612. The fourth-order valence-electron chi connectivity index (χ4n) is 2.05. The van der Waals surface area contributed by atoms with Gasteiger partial charge in [0.15, 0.2) is 6.61 Å². The molecule has 124 valence electrons. The Morgan fingerprint density at radius 1 is 1.43 bits per heavy atom. The monoisotopic (exact) mass is 337 g/mol. The molecule has 0 radical (unpaired) electrons. The minimum absolute atomic E-state index is 0.142. The Labute approximate surface area is 140 Å². The van der Waals surface area contributed by atoms with Gasteiger partial charge < -0.3 is 9.47 Å². The second-order valence-electron chi connectivity index (χ2n) is 5.19. The summed E-state index contributed by atoms with van der Waals surface area (Å²) in [6.45, 7) is 6.07.